The van der Waals surface area contributed by atoms with E-state index in [1.807, 2.05) is 36.9 Å². The van der Waals surface area contributed by atoms with E-state index in [4.69, 9.17) is 4.99 Å². The Hall–Kier alpha value is -3.16. The highest BCUT2D eigenvalue weighted by atomic mass is 16.2. The van der Waals surface area contributed by atoms with Gasteiger partial charge in [0.25, 0.3) is 5.91 Å². The first kappa shape index (κ1) is 19.2. The van der Waals surface area contributed by atoms with E-state index in [1.54, 1.807) is 7.05 Å². The van der Waals surface area contributed by atoms with Gasteiger partial charge in [-0.05, 0) is 32.8 Å². The van der Waals surface area contributed by atoms with Crippen LogP contribution in [0.1, 0.15) is 26.3 Å². The van der Waals surface area contributed by atoms with Gasteiger partial charge in [0.1, 0.15) is 5.78 Å². The first-order chi connectivity index (χ1) is 13.8. The maximum atomic E-state index is 13.1. The van der Waals surface area contributed by atoms with Crippen LogP contribution in [0, 0.1) is 0 Å². The van der Waals surface area contributed by atoms with Gasteiger partial charge in [0.15, 0.2) is 12.2 Å². The van der Waals surface area contributed by atoms with E-state index >= 15 is 0 Å². The Morgan fingerprint density at radius 2 is 1.76 bits per heavy atom. The number of allylic oxidation sites excluding steroid dienone is 2. The molecule has 0 aliphatic carbocycles. The molecule has 0 saturated carbocycles. The predicted octanol–water partition coefficient (Wildman–Crippen LogP) is 1.65. The molecule has 2 unspecified atom stereocenters. The predicted molar refractivity (Wildman–Crippen MR) is 108 cm³/mol. The normalized spacial score (nSPS) is 23.7. The summed E-state index contributed by atoms with van der Waals surface area (Å²) in [6.07, 6.45) is 0.253. The number of carbonyl (C=O) groups is 3. The molecule has 3 aliphatic rings. The highest BCUT2D eigenvalue weighted by Gasteiger charge is 2.55. The number of fused-ring (bicyclic) bond motifs is 3. The van der Waals surface area contributed by atoms with Crippen molar-refractivity contribution < 1.29 is 14.4 Å². The Balaban J connectivity index is 1.62. The van der Waals surface area contributed by atoms with Gasteiger partial charge in [-0.2, -0.15) is 0 Å². The molecule has 2 atom stereocenters. The molecular weight excluding hydrogens is 370 g/mol. The monoisotopic (exact) mass is 395 g/mol. The van der Waals surface area contributed by atoms with Crippen LogP contribution in [-0.2, 0) is 16.0 Å². The van der Waals surface area contributed by atoms with Crippen LogP contribution < -0.4 is 0 Å². The van der Waals surface area contributed by atoms with Gasteiger partial charge in [0.2, 0.25) is 5.96 Å². The van der Waals surface area contributed by atoms with Gasteiger partial charge in [-0.15, -0.1) is 0 Å². The number of urea groups is 1. The van der Waals surface area contributed by atoms with Gasteiger partial charge in [-0.25, -0.2) is 9.79 Å². The number of benzene rings is 1. The summed E-state index contributed by atoms with van der Waals surface area (Å²) in [7, 11) is 1.63. The SMILES string of the molecule is CC(=O)CN1C(=O)C2C(N=C3N(CCc4ccccc4)C(C)=C(C)N32)N(C)C1=O. The Labute approximate surface area is 170 Å². The summed E-state index contributed by atoms with van der Waals surface area (Å²) in [6, 6.07) is 9.09. The number of likely N-dealkylation sites (N-methyl/N-ethyl adjacent to an activating group) is 1. The molecule has 3 aliphatic heterocycles. The summed E-state index contributed by atoms with van der Waals surface area (Å²) in [5, 5.41) is 0. The van der Waals surface area contributed by atoms with E-state index in [0.717, 1.165) is 29.3 Å². The summed E-state index contributed by atoms with van der Waals surface area (Å²) in [6.45, 7) is 5.87. The van der Waals surface area contributed by atoms with Crippen molar-refractivity contribution in [2.24, 2.45) is 4.99 Å². The molecule has 1 aromatic rings. The number of aliphatic imine (C=N–C) groups is 1. The number of hydrogen-bond donors (Lipinski definition) is 0. The third kappa shape index (κ3) is 2.99. The summed E-state index contributed by atoms with van der Waals surface area (Å²) < 4.78 is 0. The molecule has 8 heteroatoms. The lowest BCUT2D eigenvalue weighted by atomic mass is 10.1. The van der Waals surface area contributed by atoms with Crippen LogP contribution in [0.5, 0.6) is 0 Å². The molecule has 29 heavy (non-hydrogen) atoms. The number of Topliss-reactive ketones (excluding diaryl/α,β-unsaturated/α-hetero) is 1. The van der Waals surface area contributed by atoms with Crippen LogP contribution in [0.25, 0.3) is 0 Å². The van der Waals surface area contributed by atoms with Crippen molar-refractivity contribution >= 4 is 23.7 Å². The Morgan fingerprint density at radius 3 is 2.41 bits per heavy atom. The fraction of sp³-hybridized carbons (Fsp3) is 0.429. The molecule has 0 bridgehead atoms. The van der Waals surface area contributed by atoms with Crippen molar-refractivity contribution in [1.29, 1.82) is 0 Å². The zero-order valence-electron chi connectivity index (χ0n) is 17.1. The van der Waals surface area contributed by atoms with Crippen molar-refractivity contribution in [3.8, 4) is 0 Å². The number of amides is 3. The number of ketones is 1. The standard InChI is InChI=1S/C21H25N5O3/c1-13(27)12-25-19(28)17-18(23(4)21(25)29)22-20-24(14(2)15(3)26(17)20)11-10-16-8-6-5-7-9-16/h5-9,17-18H,10-12H2,1-4H3. The molecular formula is C21H25N5O3. The molecule has 1 saturated heterocycles. The minimum absolute atomic E-state index is 0.214. The van der Waals surface area contributed by atoms with E-state index in [1.165, 1.54) is 17.4 Å². The van der Waals surface area contributed by atoms with Crippen molar-refractivity contribution in [3.63, 3.8) is 0 Å². The van der Waals surface area contributed by atoms with Crippen molar-refractivity contribution in [1.82, 2.24) is 19.6 Å². The fourth-order valence-electron chi connectivity index (χ4n) is 4.20. The molecule has 0 N–H and O–H groups in total. The fourth-order valence-corrected chi connectivity index (χ4v) is 4.20. The molecule has 3 amide bonds. The number of rotatable bonds is 5. The molecule has 152 valence electrons. The quantitative estimate of drug-likeness (QED) is 0.758. The number of hydrogen-bond acceptors (Lipinski definition) is 6. The second-order valence-corrected chi connectivity index (χ2v) is 7.74. The van der Waals surface area contributed by atoms with E-state index in [2.05, 4.69) is 17.0 Å². The third-order valence-electron chi connectivity index (χ3n) is 5.85. The number of guanidine groups is 1. The largest absolute Gasteiger partial charge is 0.328 e. The molecule has 1 aromatic carbocycles. The summed E-state index contributed by atoms with van der Waals surface area (Å²) in [5.41, 5.74) is 3.22. The average molecular weight is 395 g/mol. The van der Waals surface area contributed by atoms with Crippen LogP contribution in [-0.4, -0.2) is 75.6 Å². The zero-order valence-corrected chi connectivity index (χ0v) is 17.1. The average Bonchev–Trinajstić information content (AvgIpc) is 3.19. The van der Waals surface area contributed by atoms with Crippen LogP contribution in [0.4, 0.5) is 4.79 Å². The summed E-state index contributed by atoms with van der Waals surface area (Å²) in [4.78, 5) is 48.7. The molecule has 0 aromatic heterocycles. The lowest BCUT2D eigenvalue weighted by molar-refractivity contribution is -0.139. The Bertz CT molecular complexity index is 939. The maximum Gasteiger partial charge on any atom is 0.328 e. The van der Waals surface area contributed by atoms with Gasteiger partial charge in [-0.3, -0.25) is 19.4 Å². The van der Waals surface area contributed by atoms with Crippen molar-refractivity contribution in [2.75, 3.05) is 20.1 Å². The van der Waals surface area contributed by atoms with Crippen LogP contribution in [0.3, 0.4) is 0 Å². The molecule has 0 spiro atoms. The smallest absolute Gasteiger partial charge is 0.314 e. The first-order valence-corrected chi connectivity index (χ1v) is 9.75. The van der Waals surface area contributed by atoms with E-state index in [0.29, 0.717) is 5.96 Å². The van der Waals surface area contributed by atoms with Gasteiger partial charge < -0.3 is 9.80 Å². The van der Waals surface area contributed by atoms with Gasteiger partial charge in [0.05, 0.1) is 6.54 Å². The van der Waals surface area contributed by atoms with Crippen LogP contribution in [0.2, 0.25) is 0 Å². The Kier molecular flexibility index (Phi) is 4.64. The van der Waals surface area contributed by atoms with Crippen LogP contribution in [0.15, 0.2) is 46.7 Å². The van der Waals surface area contributed by atoms with E-state index in [9.17, 15) is 14.4 Å². The number of imide groups is 1. The minimum atomic E-state index is -0.635. The highest BCUT2D eigenvalue weighted by Crippen LogP contribution is 2.37. The van der Waals surface area contributed by atoms with Gasteiger partial charge in [0, 0.05) is 25.0 Å². The molecule has 8 nitrogen and oxygen atoms in total. The second-order valence-electron chi connectivity index (χ2n) is 7.74. The molecule has 1 fully saturated rings. The zero-order chi connectivity index (χ0) is 20.9. The van der Waals surface area contributed by atoms with E-state index < -0.39 is 18.2 Å². The first-order valence-electron chi connectivity index (χ1n) is 9.75. The maximum absolute atomic E-state index is 13.1. The summed E-state index contributed by atoms with van der Waals surface area (Å²) >= 11 is 0. The van der Waals surface area contributed by atoms with Gasteiger partial charge >= 0.3 is 6.03 Å². The topological polar surface area (TPSA) is 76.5 Å². The van der Waals surface area contributed by atoms with E-state index in [-0.39, 0.29) is 18.2 Å². The Morgan fingerprint density at radius 1 is 1.07 bits per heavy atom. The van der Waals surface area contributed by atoms with Crippen molar-refractivity contribution in [2.45, 2.75) is 39.4 Å². The van der Waals surface area contributed by atoms with Gasteiger partial charge in [-0.1, -0.05) is 30.3 Å². The minimum Gasteiger partial charge on any atom is -0.314 e. The number of carbonyl (C=O) groups excluding carboxylic acids is 3. The number of nitrogens with zero attached hydrogens (tertiary/aromatic N) is 5. The van der Waals surface area contributed by atoms with Crippen LogP contribution >= 0.6 is 0 Å². The molecule has 3 heterocycles. The third-order valence-corrected chi connectivity index (χ3v) is 5.85. The summed E-state index contributed by atoms with van der Waals surface area (Å²) in [5.74, 6) is 0.0970. The molecule has 4 rings (SSSR count). The van der Waals surface area contributed by atoms with Crippen molar-refractivity contribution in [3.05, 3.63) is 47.3 Å². The molecule has 0 radical (unpaired) electrons. The lowest BCUT2D eigenvalue weighted by Gasteiger charge is -2.40. The second kappa shape index (κ2) is 7.02. The lowest BCUT2D eigenvalue weighted by Crippen LogP contribution is -2.65. The highest BCUT2D eigenvalue weighted by molar-refractivity contribution is 6.06.